The monoisotopic (exact) mass is 319 g/mol. The second kappa shape index (κ2) is 6.08. The Morgan fingerprint density at radius 3 is 2.64 bits per heavy atom. The number of sulfonamides is 1. The van der Waals surface area contributed by atoms with E-state index in [0.29, 0.717) is 25.1 Å². The molecule has 0 radical (unpaired) electrons. The first kappa shape index (κ1) is 15.0. The number of anilines is 1. The summed E-state index contributed by atoms with van der Waals surface area (Å²) < 4.78 is 39.6. The van der Waals surface area contributed by atoms with Gasteiger partial charge < -0.3 is 0 Å². The van der Waals surface area contributed by atoms with Crippen molar-refractivity contribution >= 4 is 15.7 Å². The minimum absolute atomic E-state index is 0.110. The normalized spacial score (nSPS) is 14.1. The molecule has 0 saturated heterocycles. The van der Waals surface area contributed by atoms with Crippen molar-refractivity contribution in [3.05, 3.63) is 65.5 Å². The van der Waals surface area contributed by atoms with Crippen LogP contribution in [0.15, 0.2) is 48.5 Å². The first-order chi connectivity index (χ1) is 10.6. The van der Waals surface area contributed by atoms with Gasteiger partial charge in [0.15, 0.2) is 0 Å². The number of benzene rings is 2. The van der Waals surface area contributed by atoms with Crippen LogP contribution in [-0.2, 0) is 22.9 Å². The zero-order chi connectivity index (χ0) is 15.6. The molecule has 0 atom stereocenters. The second-order valence-corrected chi connectivity index (χ2v) is 7.51. The van der Waals surface area contributed by atoms with Crippen LogP contribution < -0.4 is 4.31 Å². The molecule has 0 bridgehead atoms. The molecule has 5 heteroatoms. The number of nitrogens with zero attached hydrogens (tertiary/aromatic N) is 1. The minimum atomic E-state index is -3.35. The Hall–Kier alpha value is -1.88. The van der Waals surface area contributed by atoms with Crippen molar-refractivity contribution in [2.45, 2.75) is 19.3 Å². The maximum Gasteiger partial charge on any atom is 0.235 e. The topological polar surface area (TPSA) is 37.4 Å². The molecule has 1 aliphatic heterocycles. The molecule has 0 aliphatic carbocycles. The van der Waals surface area contributed by atoms with E-state index in [0.717, 1.165) is 17.5 Å². The van der Waals surface area contributed by atoms with E-state index in [1.807, 2.05) is 30.3 Å². The molecule has 0 amide bonds. The Morgan fingerprint density at radius 1 is 1.09 bits per heavy atom. The van der Waals surface area contributed by atoms with Crippen molar-refractivity contribution < 1.29 is 12.8 Å². The number of halogens is 1. The van der Waals surface area contributed by atoms with Crippen molar-refractivity contribution in [3.63, 3.8) is 0 Å². The summed E-state index contributed by atoms with van der Waals surface area (Å²) in [5, 5.41) is 0. The lowest BCUT2D eigenvalue weighted by atomic mass is 10.1. The maximum atomic E-state index is 13.2. The summed E-state index contributed by atoms with van der Waals surface area (Å²) >= 11 is 0. The smallest absolute Gasteiger partial charge is 0.235 e. The molecular weight excluding hydrogens is 301 g/mol. The van der Waals surface area contributed by atoms with Crippen LogP contribution in [0, 0.1) is 5.82 Å². The van der Waals surface area contributed by atoms with Gasteiger partial charge in [0.1, 0.15) is 5.82 Å². The zero-order valence-electron chi connectivity index (χ0n) is 12.2. The van der Waals surface area contributed by atoms with Gasteiger partial charge in [0.25, 0.3) is 0 Å². The highest BCUT2D eigenvalue weighted by atomic mass is 32.2. The molecule has 3 rings (SSSR count). The van der Waals surface area contributed by atoms with Crippen molar-refractivity contribution in [1.29, 1.82) is 0 Å². The van der Waals surface area contributed by atoms with Gasteiger partial charge in [-0.2, -0.15) is 0 Å². The number of fused-ring (bicyclic) bond motifs is 1. The molecule has 0 N–H and O–H groups in total. The Bertz CT molecular complexity index is 759. The Morgan fingerprint density at radius 2 is 1.86 bits per heavy atom. The number of aryl methyl sites for hydroxylation is 1. The summed E-state index contributed by atoms with van der Waals surface area (Å²) in [6.07, 6.45) is 1.90. The molecule has 0 saturated carbocycles. The summed E-state index contributed by atoms with van der Waals surface area (Å²) in [5.74, 6) is -0.208. The van der Waals surface area contributed by atoms with E-state index in [9.17, 15) is 12.8 Å². The second-order valence-electron chi connectivity index (χ2n) is 5.50. The fourth-order valence-corrected chi connectivity index (χ4v) is 4.42. The van der Waals surface area contributed by atoms with Gasteiger partial charge in [-0.15, -0.1) is 0 Å². The van der Waals surface area contributed by atoms with E-state index >= 15 is 0 Å². The van der Waals surface area contributed by atoms with Gasteiger partial charge in [-0.05, 0) is 48.6 Å². The van der Waals surface area contributed by atoms with E-state index in [2.05, 4.69) is 0 Å². The summed E-state index contributed by atoms with van der Waals surface area (Å²) in [7, 11) is -3.35. The molecule has 0 unspecified atom stereocenters. The van der Waals surface area contributed by atoms with Crippen LogP contribution in [0.2, 0.25) is 0 Å². The summed E-state index contributed by atoms with van der Waals surface area (Å²) in [6, 6.07) is 14.2. The quantitative estimate of drug-likeness (QED) is 0.849. The Labute approximate surface area is 130 Å². The number of hydrogen-bond donors (Lipinski definition) is 0. The third-order valence-corrected chi connectivity index (χ3v) is 5.80. The molecule has 0 fully saturated rings. The van der Waals surface area contributed by atoms with Gasteiger partial charge in [-0.25, -0.2) is 12.8 Å². The number of rotatable bonds is 5. The first-order valence-corrected chi connectivity index (χ1v) is 9.00. The fraction of sp³-hybridized carbons (Fsp3) is 0.294. The summed E-state index contributed by atoms with van der Waals surface area (Å²) in [4.78, 5) is 0. The van der Waals surface area contributed by atoms with E-state index in [-0.39, 0.29) is 11.6 Å². The largest absolute Gasteiger partial charge is 0.270 e. The zero-order valence-corrected chi connectivity index (χ0v) is 13.0. The minimum Gasteiger partial charge on any atom is -0.270 e. The SMILES string of the molecule is O=S(=O)(CCCc1ccccc1)N1CCc2cc(F)ccc21. The van der Waals surface area contributed by atoms with Gasteiger partial charge in [0, 0.05) is 6.54 Å². The third kappa shape index (κ3) is 3.14. The average Bonchev–Trinajstić information content (AvgIpc) is 2.92. The maximum absolute atomic E-state index is 13.2. The lowest BCUT2D eigenvalue weighted by Crippen LogP contribution is -2.31. The highest BCUT2D eigenvalue weighted by Crippen LogP contribution is 2.31. The average molecular weight is 319 g/mol. The highest BCUT2D eigenvalue weighted by molar-refractivity contribution is 7.92. The molecule has 2 aromatic carbocycles. The van der Waals surface area contributed by atoms with Crippen LogP contribution in [-0.4, -0.2) is 20.7 Å². The van der Waals surface area contributed by atoms with Crippen molar-refractivity contribution in [2.75, 3.05) is 16.6 Å². The van der Waals surface area contributed by atoms with Gasteiger partial charge in [0.2, 0.25) is 10.0 Å². The van der Waals surface area contributed by atoms with Gasteiger partial charge in [-0.3, -0.25) is 4.31 Å². The van der Waals surface area contributed by atoms with Gasteiger partial charge >= 0.3 is 0 Å². The molecule has 1 aliphatic rings. The van der Waals surface area contributed by atoms with Crippen LogP contribution in [0.25, 0.3) is 0 Å². The summed E-state index contributed by atoms with van der Waals surface area (Å²) in [6.45, 7) is 0.409. The summed E-state index contributed by atoms with van der Waals surface area (Å²) in [5.41, 5.74) is 2.54. The van der Waals surface area contributed by atoms with Crippen LogP contribution >= 0.6 is 0 Å². The van der Waals surface area contributed by atoms with Crippen LogP contribution in [0.5, 0.6) is 0 Å². The number of hydrogen-bond acceptors (Lipinski definition) is 2. The molecule has 22 heavy (non-hydrogen) atoms. The van der Waals surface area contributed by atoms with E-state index in [1.165, 1.54) is 16.4 Å². The predicted molar refractivity (Wildman–Crippen MR) is 86.0 cm³/mol. The Kier molecular flexibility index (Phi) is 4.16. The van der Waals surface area contributed by atoms with Gasteiger partial charge in [0.05, 0.1) is 11.4 Å². The molecule has 1 heterocycles. The van der Waals surface area contributed by atoms with E-state index in [1.54, 1.807) is 6.07 Å². The lowest BCUT2D eigenvalue weighted by Gasteiger charge is -2.19. The predicted octanol–water partition coefficient (Wildman–Crippen LogP) is 3.15. The van der Waals surface area contributed by atoms with Crippen LogP contribution in [0.1, 0.15) is 17.5 Å². The molecule has 116 valence electrons. The third-order valence-electron chi connectivity index (χ3n) is 3.94. The fourth-order valence-electron chi connectivity index (χ4n) is 2.84. The van der Waals surface area contributed by atoms with E-state index in [4.69, 9.17) is 0 Å². The lowest BCUT2D eigenvalue weighted by molar-refractivity contribution is 0.589. The highest BCUT2D eigenvalue weighted by Gasteiger charge is 2.29. The van der Waals surface area contributed by atoms with Crippen LogP contribution in [0.3, 0.4) is 0 Å². The molecule has 0 spiro atoms. The molecule has 0 aromatic heterocycles. The van der Waals surface area contributed by atoms with Gasteiger partial charge in [-0.1, -0.05) is 30.3 Å². The van der Waals surface area contributed by atoms with E-state index < -0.39 is 10.0 Å². The molecular formula is C17H18FNO2S. The van der Waals surface area contributed by atoms with Crippen molar-refractivity contribution in [2.24, 2.45) is 0 Å². The van der Waals surface area contributed by atoms with Crippen LogP contribution in [0.4, 0.5) is 10.1 Å². The standard InChI is InChI=1S/C17H18FNO2S/c18-16-8-9-17-15(13-16)10-11-19(17)22(20,21)12-4-7-14-5-2-1-3-6-14/h1-3,5-6,8-9,13H,4,7,10-12H2. The molecule has 2 aromatic rings. The Balaban J connectivity index is 1.67. The van der Waals surface area contributed by atoms with Crippen molar-refractivity contribution in [1.82, 2.24) is 0 Å². The van der Waals surface area contributed by atoms with Crippen molar-refractivity contribution in [3.8, 4) is 0 Å². The first-order valence-electron chi connectivity index (χ1n) is 7.39. The molecule has 3 nitrogen and oxygen atoms in total.